The molecule has 0 N–H and O–H groups in total. The second-order valence-electron chi connectivity index (χ2n) is 14.8. The van der Waals surface area contributed by atoms with Crippen molar-refractivity contribution in [3.8, 4) is 11.1 Å². The zero-order valence-electron chi connectivity index (χ0n) is 31.9. The Kier molecular flexibility index (Phi) is 8.00. The summed E-state index contributed by atoms with van der Waals surface area (Å²) in [6, 6.07) is 60.4. The van der Waals surface area contributed by atoms with E-state index in [4.69, 9.17) is 8.83 Å². The molecule has 0 spiro atoms. The van der Waals surface area contributed by atoms with Crippen LogP contribution >= 0.6 is 0 Å². The molecule has 4 nitrogen and oxygen atoms in total. The largest absolute Gasteiger partial charge is 0.456 e. The van der Waals surface area contributed by atoms with Gasteiger partial charge in [-0.3, -0.25) is 0 Å². The van der Waals surface area contributed by atoms with Gasteiger partial charge in [0.05, 0.1) is 0 Å². The minimum atomic E-state index is 0.890. The quantitative estimate of drug-likeness (QED) is 0.164. The zero-order valence-corrected chi connectivity index (χ0v) is 31.9. The molecule has 0 unspecified atom stereocenters. The minimum absolute atomic E-state index is 0.890. The Balaban J connectivity index is 1.06. The van der Waals surface area contributed by atoms with Gasteiger partial charge in [-0.1, -0.05) is 84.9 Å². The van der Waals surface area contributed by atoms with Crippen molar-refractivity contribution in [3.63, 3.8) is 0 Å². The van der Waals surface area contributed by atoms with Crippen molar-refractivity contribution in [2.75, 3.05) is 9.80 Å². The van der Waals surface area contributed by atoms with Crippen molar-refractivity contribution in [2.24, 2.45) is 0 Å². The summed E-state index contributed by atoms with van der Waals surface area (Å²) in [5.41, 5.74) is 17.5. The first kappa shape index (κ1) is 33.5. The molecule has 0 saturated carbocycles. The van der Waals surface area contributed by atoms with Gasteiger partial charge in [-0.05, 0) is 146 Å². The molecule has 0 amide bonds. The van der Waals surface area contributed by atoms with Crippen LogP contribution in [0.15, 0.2) is 179 Å². The lowest BCUT2D eigenvalue weighted by atomic mass is 9.95. The van der Waals surface area contributed by atoms with E-state index in [9.17, 15) is 0 Å². The van der Waals surface area contributed by atoms with Crippen molar-refractivity contribution in [3.05, 3.63) is 192 Å². The highest BCUT2D eigenvalue weighted by molar-refractivity contribution is 6.07. The van der Waals surface area contributed by atoms with Gasteiger partial charge < -0.3 is 18.6 Å². The molecule has 270 valence electrons. The van der Waals surface area contributed by atoms with Crippen LogP contribution in [0.3, 0.4) is 0 Å². The maximum atomic E-state index is 6.20. The number of hydrogen-bond acceptors (Lipinski definition) is 4. The molecular weight excluding hydrogens is 685 g/mol. The van der Waals surface area contributed by atoms with Crippen LogP contribution in [0.4, 0.5) is 34.1 Å². The van der Waals surface area contributed by atoms with Gasteiger partial charge in [-0.15, -0.1) is 0 Å². The Morgan fingerprint density at radius 2 is 0.661 bits per heavy atom. The number of anilines is 6. The number of aryl methyl sites for hydroxylation is 4. The number of benzene rings is 8. The molecule has 8 aromatic carbocycles. The third-order valence-corrected chi connectivity index (χ3v) is 11.2. The molecule has 2 aromatic heterocycles. The Morgan fingerprint density at radius 3 is 1.09 bits per heavy atom. The topological polar surface area (TPSA) is 32.8 Å². The first-order valence-corrected chi connectivity index (χ1v) is 19.2. The first-order valence-electron chi connectivity index (χ1n) is 19.2. The van der Waals surface area contributed by atoms with Crippen molar-refractivity contribution < 1.29 is 8.83 Å². The van der Waals surface area contributed by atoms with E-state index in [1.54, 1.807) is 0 Å². The molecule has 10 rings (SSSR count). The number of fused-ring (bicyclic) bond motifs is 6. The van der Waals surface area contributed by atoms with Crippen LogP contribution in [0.5, 0.6) is 0 Å². The summed E-state index contributed by atoms with van der Waals surface area (Å²) in [6.45, 7) is 8.80. The first-order chi connectivity index (χ1) is 27.4. The molecule has 56 heavy (non-hydrogen) atoms. The zero-order chi connectivity index (χ0) is 37.9. The Morgan fingerprint density at radius 1 is 0.304 bits per heavy atom. The molecular formula is C52H40N2O2. The summed E-state index contributed by atoms with van der Waals surface area (Å²) >= 11 is 0. The maximum absolute atomic E-state index is 6.20. The molecule has 0 fully saturated rings. The van der Waals surface area contributed by atoms with Crippen molar-refractivity contribution in [2.45, 2.75) is 27.7 Å². The monoisotopic (exact) mass is 724 g/mol. The maximum Gasteiger partial charge on any atom is 0.135 e. The van der Waals surface area contributed by atoms with E-state index in [2.05, 4.69) is 183 Å². The summed E-state index contributed by atoms with van der Waals surface area (Å²) in [5, 5.41) is 4.46. The van der Waals surface area contributed by atoms with Gasteiger partial charge in [-0.2, -0.15) is 0 Å². The fourth-order valence-electron chi connectivity index (χ4n) is 8.37. The summed E-state index contributed by atoms with van der Waals surface area (Å²) in [6.07, 6.45) is 0. The third kappa shape index (κ3) is 5.61. The van der Waals surface area contributed by atoms with Gasteiger partial charge >= 0.3 is 0 Å². The summed E-state index contributed by atoms with van der Waals surface area (Å²) in [7, 11) is 0. The van der Waals surface area contributed by atoms with Crippen LogP contribution in [0, 0.1) is 27.7 Å². The molecule has 10 aromatic rings. The summed E-state index contributed by atoms with van der Waals surface area (Å²) in [5.74, 6) is 0. The highest BCUT2D eigenvalue weighted by Crippen LogP contribution is 2.44. The SMILES string of the molecule is Cc1cc(N(c2ccc3oc4ccccc4c3c2)c2ccccc2C)ccc1-c1ccc(N(c2ccc3oc4ccccc4c3c2)c2ccccc2C)cc1C. The normalized spacial score (nSPS) is 11.6. The van der Waals surface area contributed by atoms with E-state index < -0.39 is 0 Å². The van der Waals surface area contributed by atoms with Crippen LogP contribution in [0.25, 0.3) is 55.0 Å². The standard InChI is InChI=1S/C52H40N2O2/c1-33-13-5-9-17-47(33)53(39-23-27-51-45(31-39)43-15-7-11-19-49(43)55-51)37-21-25-41(35(3)29-37)42-26-22-38(30-36(42)4)54(48-18-10-6-14-34(48)2)40-24-28-52-46(32-40)44-16-8-12-20-50(44)56-52/h5-32H,1-4H3. The highest BCUT2D eigenvalue weighted by Gasteiger charge is 2.21. The van der Waals surface area contributed by atoms with E-state index >= 15 is 0 Å². The Hall–Kier alpha value is -7.04. The van der Waals surface area contributed by atoms with E-state index in [0.29, 0.717) is 0 Å². The molecule has 0 radical (unpaired) electrons. The summed E-state index contributed by atoms with van der Waals surface area (Å²) < 4.78 is 12.4. The second kappa shape index (κ2) is 13.4. The minimum Gasteiger partial charge on any atom is -0.456 e. The van der Waals surface area contributed by atoms with Gasteiger partial charge in [0.25, 0.3) is 0 Å². The van der Waals surface area contributed by atoms with Gasteiger partial charge in [0, 0.05) is 55.7 Å². The number of hydrogen-bond donors (Lipinski definition) is 0. The molecule has 0 atom stereocenters. The average Bonchev–Trinajstić information content (AvgIpc) is 3.78. The lowest BCUT2D eigenvalue weighted by molar-refractivity contribution is 0.668. The van der Waals surface area contributed by atoms with E-state index in [0.717, 1.165) is 78.0 Å². The van der Waals surface area contributed by atoms with Gasteiger partial charge in [0.15, 0.2) is 0 Å². The fraction of sp³-hybridized carbons (Fsp3) is 0.0769. The van der Waals surface area contributed by atoms with Gasteiger partial charge in [0.1, 0.15) is 22.3 Å². The van der Waals surface area contributed by atoms with E-state index in [1.807, 2.05) is 24.3 Å². The smallest absolute Gasteiger partial charge is 0.135 e. The Bertz CT molecular complexity index is 2900. The van der Waals surface area contributed by atoms with Crippen molar-refractivity contribution in [1.82, 2.24) is 0 Å². The van der Waals surface area contributed by atoms with Crippen LogP contribution in [-0.2, 0) is 0 Å². The average molecular weight is 725 g/mol. The van der Waals surface area contributed by atoms with E-state index in [-0.39, 0.29) is 0 Å². The molecule has 4 heteroatoms. The fourth-order valence-corrected chi connectivity index (χ4v) is 8.37. The molecule has 0 aliphatic carbocycles. The third-order valence-electron chi connectivity index (χ3n) is 11.2. The number of nitrogens with zero attached hydrogens (tertiary/aromatic N) is 2. The van der Waals surface area contributed by atoms with Crippen molar-refractivity contribution in [1.29, 1.82) is 0 Å². The van der Waals surface area contributed by atoms with E-state index in [1.165, 1.54) is 33.4 Å². The number of para-hydroxylation sites is 4. The highest BCUT2D eigenvalue weighted by atomic mass is 16.3. The number of furan rings is 2. The molecule has 0 aliphatic heterocycles. The Labute approximate surface area is 326 Å². The van der Waals surface area contributed by atoms with Crippen LogP contribution < -0.4 is 9.80 Å². The van der Waals surface area contributed by atoms with Crippen LogP contribution in [-0.4, -0.2) is 0 Å². The van der Waals surface area contributed by atoms with Crippen molar-refractivity contribution >= 4 is 78.0 Å². The molecule has 0 aliphatic rings. The lowest BCUT2D eigenvalue weighted by Crippen LogP contribution is -2.12. The molecule has 2 heterocycles. The van der Waals surface area contributed by atoms with Gasteiger partial charge in [0.2, 0.25) is 0 Å². The van der Waals surface area contributed by atoms with Gasteiger partial charge in [-0.25, -0.2) is 0 Å². The lowest BCUT2D eigenvalue weighted by Gasteiger charge is -2.28. The predicted molar refractivity (Wildman–Crippen MR) is 235 cm³/mol. The second-order valence-corrected chi connectivity index (χ2v) is 14.8. The summed E-state index contributed by atoms with van der Waals surface area (Å²) in [4.78, 5) is 4.73. The molecule has 0 bridgehead atoms. The van der Waals surface area contributed by atoms with Crippen LogP contribution in [0.2, 0.25) is 0 Å². The van der Waals surface area contributed by atoms with Crippen LogP contribution in [0.1, 0.15) is 22.3 Å². The predicted octanol–water partition coefficient (Wildman–Crippen LogP) is 15.3. The number of rotatable bonds is 7. The molecule has 0 saturated heterocycles.